The second-order valence-electron chi connectivity index (χ2n) is 8.68. The number of carbonyl (C=O) groups is 2. The summed E-state index contributed by atoms with van der Waals surface area (Å²) in [5.41, 5.74) is 12.3. The van der Waals surface area contributed by atoms with Gasteiger partial charge in [0, 0.05) is 25.4 Å². The number of aliphatic imine (C=N–C) groups is 1. The third-order valence-corrected chi connectivity index (χ3v) is 6.41. The maximum atomic E-state index is 15.0. The highest BCUT2D eigenvalue weighted by molar-refractivity contribution is 5.90. The highest BCUT2D eigenvalue weighted by Gasteiger charge is 2.76. The van der Waals surface area contributed by atoms with E-state index in [1.54, 1.807) is 19.1 Å². The van der Waals surface area contributed by atoms with E-state index in [1.807, 2.05) is 11.8 Å². The van der Waals surface area contributed by atoms with E-state index in [0.29, 0.717) is 30.3 Å². The summed E-state index contributed by atoms with van der Waals surface area (Å²) in [4.78, 5) is 30.9. The highest BCUT2D eigenvalue weighted by Crippen LogP contribution is 2.61. The third-order valence-electron chi connectivity index (χ3n) is 6.41. The summed E-state index contributed by atoms with van der Waals surface area (Å²) in [7, 11) is 0. The maximum Gasteiger partial charge on any atom is 0.414 e. The number of hydrogen-bond donors (Lipinski definition) is 3. The average Bonchev–Trinajstić information content (AvgIpc) is 2.95. The molecule has 0 bridgehead atoms. The lowest BCUT2D eigenvalue weighted by molar-refractivity contribution is -0.119. The van der Waals surface area contributed by atoms with Crippen molar-refractivity contribution in [1.29, 1.82) is 0 Å². The first kappa shape index (κ1) is 20.4. The summed E-state index contributed by atoms with van der Waals surface area (Å²) >= 11 is 0. The van der Waals surface area contributed by atoms with Crippen molar-refractivity contribution in [2.45, 2.75) is 38.5 Å². The largest absolute Gasteiger partial charge is 0.442 e. The first-order chi connectivity index (χ1) is 14.0. The highest BCUT2D eigenvalue weighted by atomic mass is 19.1. The van der Waals surface area contributed by atoms with Crippen LogP contribution < -0.4 is 26.6 Å². The molecule has 4 atom stereocenters. The van der Waals surface area contributed by atoms with Gasteiger partial charge in [-0.05, 0) is 25.1 Å². The molecule has 162 valence electrons. The number of rotatable bonds is 5. The number of nitrogens with one attached hydrogen (secondary N) is 1. The van der Waals surface area contributed by atoms with Crippen molar-refractivity contribution in [2.75, 3.05) is 36.0 Å². The molecule has 2 saturated heterocycles. The Hall–Kier alpha value is -2.88. The Kier molecular flexibility index (Phi) is 4.64. The van der Waals surface area contributed by atoms with E-state index in [4.69, 9.17) is 16.2 Å². The SMILES string of the molecule is CC(=O)NC[C@H]1CN(c2ccc(N3C[C@@]4(C)[C@H](N=C(C)N)[C@@]4(N)C3)c(F)c2)C(=O)O1. The molecule has 1 aromatic rings. The predicted molar refractivity (Wildman–Crippen MR) is 111 cm³/mol. The molecule has 2 heterocycles. The van der Waals surface area contributed by atoms with Crippen LogP contribution in [0.15, 0.2) is 23.2 Å². The molecule has 1 saturated carbocycles. The Balaban J connectivity index is 1.46. The number of halogens is 1. The van der Waals surface area contributed by atoms with Gasteiger partial charge in [0.05, 0.1) is 41.9 Å². The standard InChI is InChI=1S/C20H27FN6O3/c1-11(22)25-17-19(3)9-26(10-20(17,19)23)16-5-4-13(6-15(16)21)27-8-14(30-18(27)29)7-24-12(2)28/h4-6,14,17H,7-10,23H2,1-3H3,(H2,22,25)(H,24,28)/t14-,17-,19-,20-/m0/s1. The average molecular weight is 418 g/mol. The van der Waals surface area contributed by atoms with Crippen molar-refractivity contribution in [3.8, 4) is 0 Å². The number of nitrogens with zero attached hydrogens (tertiary/aromatic N) is 3. The van der Waals surface area contributed by atoms with Gasteiger partial charge in [-0.25, -0.2) is 9.18 Å². The summed E-state index contributed by atoms with van der Waals surface area (Å²) in [6.07, 6.45) is -1.04. The van der Waals surface area contributed by atoms with Crippen LogP contribution in [-0.2, 0) is 9.53 Å². The van der Waals surface area contributed by atoms with Crippen LogP contribution in [-0.4, -0.2) is 61.7 Å². The normalized spacial score (nSPS) is 32.8. The maximum absolute atomic E-state index is 15.0. The molecule has 10 heteroatoms. The zero-order valence-electron chi connectivity index (χ0n) is 17.3. The van der Waals surface area contributed by atoms with Gasteiger partial charge in [0.2, 0.25) is 5.91 Å². The lowest BCUT2D eigenvalue weighted by atomic mass is 10.1. The van der Waals surface area contributed by atoms with Crippen LogP contribution in [0.3, 0.4) is 0 Å². The van der Waals surface area contributed by atoms with Gasteiger partial charge in [-0.15, -0.1) is 0 Å². The third kappa shape index (κ3) is 3.15. The van der Waals surface area contributed by atoms with E-state index >= 15 is 0 Å². The predicted octanol–water partition coefficient (Wildman–Crippen LogP) is 0.570. The number of ether oxygens (including phenoxy) is 1. The molecule has 0 spiro atoms. The van der Waals surface area contributed by atoms with Crippen LogP contribution in [0.2, 0.25) is 0 Å². The Morgan fingerprint density at radius 3 is 2.70 bits per heavy atom. The first-order valence-corrected chi connectivity index (χ1v) is 9.91. The number of amidine groups is 1. The van der Waals surface area contributed by atoms with E-state index in [-0.39, 0.29) is 30.5 Å². The molecule has 30 heavy (non-hydrogen) atoms. The smallest absolute Gasteiger partial charge is 0.414 e. The van der Waals surface area contributed by atoms with Crippen LogP contribution in [0, 0.1) is 11.2 Å². The van der Waals surface area contributed by atoms with Gasteiger partial charge in [-0.3, -0.25) is 14.7 Å². The molecule has 0 aromatic heterocycles. The fraction of sp³-hybridized carbons (Fsp3) is 0.550. The van der Waals surface area contributed by atoms with E-state index in [9.17, 15) is 14.0 Å². The van der Waals surface area contributed by atoms with Gasteiger partial charge in [0.15, 0.2) is 0 Å². The number of cyclic esters (lactones) is 1. The van der Waals surface area contributed by atoms with Crippen LogP contribution in [0.1, 0.15) is 20.8 Å². The van der Waals surface area contributed by atoms with Crippen molar-refractivity contribution < 1.29 is 18.7 Å². The van der Waals surface area contributed by atoms with Crippen molar-refractivity contribution >= 4 is 29.2 Å². The Labute approximate surface area is 174 Å². The Morgan fingerprint density at radius 2 is 2.13 bits per heavy atom. The van der Waals surface area contributed by atoms with Crippen molar-refractivity contribution in [1.82, 2.24) is 5.32 Å². The quantitative estimate of drug-likeness (QED) is 0.474. The van der Waals surface area contributed by atoms with Gasteiger partial charge in [0.1, 0.15) is 11.9 Å². The van der Waals surface area contributed by atoms with E-state index in [2.05, 4.69) is 10.3 Å². The zero-order chi connectivity index (χ0) is 21.8. The molecular weight excluding hydrogens is 391 g/mol. The van der Waals surface area contributed by atoms with Crippen molar-refractivity contribution in [3.05, 3.63) is 24.0 Å². The summed E-state index contributed by atoms with van der Waals surface area (Å²) in [6.45, 7) is 6.69. The minimum atomic E-state index is -0.564. The van der Waals surface area contributed by atoms with Gasteiger partial charge >= 0.3 is 6.09 Å². The number of fused-ring (bicyclic) bond motifs is 1. The van der Waals surface area contributed by atoms with Crippen molar-refractivity contribution in [2.24, 2.45) is 21.9 Å². The molecule has 3 aliphatic rings. The molecule has 0 unspecified atom stereocenters. The van der Waals surface area contributed by atoms with Crippen LogP contribution >= 0.6 is 0 Å². The fourth-order valence-corrected chi connectivity index (χ4v) is 4.68. The minimum Gasteiger partial charge on any atom is -0.442 e. The number of amides is 2. The molecule has 2 aliphatic heterocycles. The Morgan fingerprint density at radius 1 is 1.40 bits per heavy atom. The number of carbonyl (C=O) groups excluding carboxylic acids is 2. The lowest BCUT2D eigenvalue weighted by Crippen LogP contribution is -2.38. The summed E-state index contributed by atoms with van der Waals surface area (Å²) < 4.78 is 20.2. The summed E-state index contributed by atoms with van der Waals surface area (Å²) in [6, 6.07) is 4.61. The molecule has 1 aliphatic carbocycles. The molecule has 2 amide bonds. The van der Waals surface area contributed by atoms with Crippen LogP contribution in [0.25, 0.3) is 0 Å². The molecule has 1 aromatic carbocycles. The number of anilines is 2. The number of hydrogen-bond acceptors (Lipinski definition) is 6. The van der Waals surface area contributed by atoms with Crippen LogP contribution in [0.5, 0.6) is 0 Å². The minimum absolute atomic E-state index is 0.0616. The second-order valence-corrected chi connectivity index (χ2v) is 8.68. The number of nitrogens with two attached hydrogens (primary N) is 2. The lowest BCUT2D eigenvalue weighted by Gasteiger charge is -2.25. The summed E-state index contributed by atoms with van der Waals surface area (Å²) in [5.74, 6) is -0.143. The summed E-state index contributed by atoms with van der Waals surface area (Å²) in [5, 5.41) is 2.62. The molecule has 3 fully saturated rings. The number of piperidine rings is 1. The van der Waals surface area contributed by atoms with Gasteiger partial charge in [-0.2, -0.15) is 0 Å². The second kappa shape index (κ2) is 6.83. The van der Waals surface area contributed by atoms with Crippen LogP contribution in [0.4, 0.5) is 20.6 Å². The van der Waals surface area contributed by atoms with Gasteiger partial charge < -0.3 is 26.4 Å². The van der Waals surface area contributed by atoms with Gasteiger partial charge in [0.25, 0.3) is 0 Å². The Bertz CT molecular complexity index is 917. The number of benzene rings is 1. The monoisotopic (exact) mass is 418 g/mol. The topological polar surface area (TPSA) is 126 Å². The van der Waals surface area contributed by atoms with E-state index in [1.165, 1.54) is 17.9 Å². The van der Waals surface area contributed by atoms with Crippen molar-refractivity contribution in [3.63, 3.8) is 0 Å². The fourth-order valence-electron chi connectivity index (χ4n) is 4.68. The molecule has 9 nitrogen and oxygen atoms in total. The first-order valence-electron chi connectivity index (χ1n) is 9.91. The zero-order valence-corrected chi connectivity index (χ0v) is 17.3. The molecule has 5 N–H and O–H groups in total. The van der Waals surface area contributed by atoms with E-state index < -0.39 is 23.6 Å². The molecule has 4 rings (SSSR count). The van der Waals surface area contributed by atoms with E-state index in [0.717, 1.165) is 0 Å². The molecule has 0 radical (unpaired) electrons. The molecular formula is C20H27FN6O3. The van der Waals surface area contributed by atoms with Gasteiger partial charge in [-0.1, -0.05) is 6.92 Å².